The van der Waals surface area contributed by atoms with Crippen molar-refractivity contribution < 1.29 is 0 Å². The molecule has 1 atom stereocenters. The van der Waals surface area contributed by atoms with E-state index >= 15 is 0 Å². The van der Waals surface area contributed by atoms with Gasteiger partial charge in [-0.1, -0.05) is 6.07 Å². The van der Waals surface area contributed by atoms with Crippen molar-refractivity contribution >= 4 is 0 Å². The molecule has 84 valence electrons. The largest absolute Gasteiger partial charge is 0.328 e. The molecule has 0 aliphatic rings. The molecule has 2 aromatic rings. The summed E-state index contributed by atoms with van der Waals surface area (Å²) in [7, 11) is 0. The lowest BCUT2D eigenvalue weighted by Gasteiger charge is -2.05. The summed E-state index contributed by atoms with van der Waals surface area (Å²) < 4.78 is 1.63. The van der Waals surface area contributed by atoms with Crippen LogP contribution in [0.25, 0.3) is 5.82 Å². The second-order valence-corrected chi connectivity index (χ2v) is 3.88. The molecule has 2 heterocycles. The maximum Gasteiger partial charge on any atom is 0.155 e. The average Bonchev–Trinajstić information content (AvgIpc) is 2.80. The van der Waals surface area contributed by atoms with Gasteiger partial charge in [0.15, 0.2) is 5.82 Å². The standard InChI is InChI=1S/C11H15N5/c1-9(12)2-3-10-4-5-11(14-6-10)16-8-13-7-15-16/h4-9H,2-3,12H2,1H3/t9-/m0/s1. The smallest absolute Gasteiger partial charge is 0.155 e. The van der Waals surface area contributed by atoms with Gasteiger partial charge in [-0.15, -0.1) is 0 Å². The van der Waals surface area contributed by atoms with Gasteiger partial charge in [-0.3, -0.25) is 0 Å². The van der Waals surface area contributed by atoms with Crippen LogP contribution in [0.2, 0.25) is 0 Å². The number of hydrogen-bond acceptors (Lipinski definition) is 4. The van der Waals surface area contributed by atoms with Gasteiger partial charge in [0, 0.05) is 12.2 Å². The van der Waals surface area contributed by atoms with Crippen molar-refractivity contribution in [2.24, 2.45) is 5.73 Å². The van der Waals surface area contributed by atoms with Crippen molar-refractivity contribution in [1.82, 2.24) is 19.7 Å². The molecule has 16 heavy (non-hydrogen) atoms. The number of rotatable bonds is 4. The minimum Gasteiger partial charge on any atom is -0.328 e. The van der Waals surface area contributed by atoms with Crippen LogP contribution in [0.1, 0.15) is 18.9 Å². The molecule has 5 heteroatoms. The topological polar surface area (TPSA) is 69.6 Å². The van der Waals surface area contributed by atoms with Crippen LogP contribution in [0.5, 0.6) is 0 Å². The lowest BCUT2D eigenvalue weighted by molar-refractivity contribution is 0.664. The van der Waals surface area contributed by atoms with Crippen molar-refractivity contribution in [2.75, 3.05) is 0 Å². The fourth-order valence-corrected chi connectivity index (χ4v) is 1.42. The minimum absolute atomic E-state index is 0.231. The maximum atomic E-state index is 5.70. The second kappa shape index (κ2) is 4.85. The summed E-state index contributed by atoms with van der Waals surface area (Å²) in [6.45, 7) is 2.01. The summed E-state index contributed by atoms with van der Waals surface area (Å²) in [5, 5.41) is 4.01. The lowest BCUT2D eigenvalue weighted by atomic mass is 10.1. The summed E-state index contributed by atoms with van der Waals surface area (Å²) >= 11 is 0. The van der Waals surface area contributed by atoms with Crippen LogP contribution >= 0.6 is 0 Å². The van der Waals surface area contributed by atoms with Gasteiger partial charge in [-0.05, 0) is 31.4 Å². The SMILES string of the molecule is C[C@H](N)CCc1ccc(-n2cncn2)nc1. The molecule has 5 nitrogen and oxygen atoms in total. The van der Waals surface area contributed by atoms with Gasteiger partial charge >= 0.3 is 0 Å². The Balaban J connectivity index is 2.05. The van der Waals surface area contributed by atoms with E-state index in [-0.39, 0.29) is 6.04 Å². The number of aryl methyl sites for hydroxylation is 1. The van der Waals surface area contributed by atoms with Crippen LogP contribution < -0.4 is 5.73 Å². The second-order valence-electron chi connectivity index (χ2n) is 3.88. The molecule has 0 saturated carbocycles. The maximum absolute atomic E-state index is 5.70. The van der Waals surface area contributed by atoms with E-state index in [9.17, 15) is 0 Å². The van der Waals surface area contributed by atoms with E-state index in [0.29, 0.717) is 0 Å². The Bertz CT molecular complexity index is 418. The predicted molar refractivity (Wildman–Crippen MR) is 61.1 cm³/mol. The van der Waals surface area contributed by atoms with Crippen molar-refractivity contribution in [1.29, 1.82) is 0 Å². The molecule has 0 aliphatic heterocycles. The lowest BCUT2D eigenvalue weighted by Crippen LogP contribution is -2.15. The first kappa shape index (κ1) is 10.8. The van der Waals surface area contributed by atoms with Crippen molar-refractivity contribution in [3.63, 3.8) is 0 Å². The van der Waals surface area contributed by atoms with E-state index in [0.717, 1.165) is 18.7 Å². The van der Waals surface area contributed by atoms with Crippen LogP contribution in [0, 0.1) is 0 Å². The Hall–Kier alpha value is -1.75. The molecule has 0 amide bonds. The summed E-state index contributed by atoms with van der Waals surface area (Å²) in [5.74, 6) is 0.780. The van der Waals surface area contributed by atoms with E-state index in [2.05, 4.69) is 15.1 Å². The third kappa shape index (κ3) is 2.64. The van der Waals surface area contributed by atoms with Gasteiger partial charge in [-0.2, -0.15) is 5.10 Å². The molecule has 0 unspecified atom stereocenters. The molecule has 0 fully saturated rings. The third-order valence-corrected chi connectivity index (χ3v) is 2.35. The molecule has 0 saturated heterocycles. The zero-order valence-corrected chi connectivity index (χ0v) is 9.24. The zero-order valence-electron chi connectivity index (χ0n) is 9.24. The molecule has 2 N–H and O–H groups in total. The van der Waals surface area contributed by atoms with Crippen LogP contribution in [0.15, 0.2) is 31.0 Å². The minimum atomic E-state index is 0.231. The van der Waals surface area contributed by atoms with Gasteiger partial charge in [0.05, 0.1) is 0 Å². The number of nitrogens with two attached hydrogens (primary N) is 1. The van der Waals surface area contributed by atoms with Crippen LogP contribution in [-0.2, 0) is 6.42 Å². The van der Waals surface area contributed by atoms with E-state index in [4.69, 9.17) is 5.73 Å². The third-order valence-electron chi connectivity index (χ3n) is 2.35. The number of pyridine rings is 1. The zero-order chi connectivity index (χ0) is 11.4. The highest BCUT2D eigenvalue weighted by molar-refractivity contribution is 5.23. The molecule has 0 bridgehead atoms. The molecular formula is C11H15N5. The number of aromatic nitrogens is 4. The van der Waals surface area contributed by atoms with Crippen LogP contribution in [0.3, 0.4) is 0 Å². The highest BCUT2D eigenvalue weighted by Crippen LogP contribution is 2.06. The van der Waals surface area contributed by atoms with Gasteiger partial charge in [-0.25, -0.2) is 14.6 Å². The molecule has 2 rings (SSSR count). The molecule has 0 aliphatic carbocycles. The van der Waals surface area contributed by atoms with Crippen molar-refractivity contribution in [3.05, 3.63) is 36.5 Å². The average molecular weight is 217 g/mol. The Morgan fingerprint density at radius 3 is 2.88 bits per heavy atom. The van der Waals surface area contributed by atoms with Crippen molar-refractivity contribution in [2.45, 2.75) is 25.8 Å². The van der Waals surface area contributed by atoms with Gasteiger partial charge in [0.1, 0.15) is 12.7 Å². The first-order chi connectivity index (χ1) is 7.75. The molecule has 0 spiro atoms. The van der Waals surface area contributed by atoms with E-state index in [1.54, 1.807) is 11.0 Å². The van der Waals surface area contributed by atoms with Gasteiger partial charge < -0.3 is 5.73 Å². The summed E-state index contributed by atoms with van der Waals surface area (Å²) in [6, 6.07) is 4.22. The normalized spacial score (nSPS) is 12.6. The Labute approximate surface area is 94.3 Å². The molecule has 0 radical (unpaired) electrons. The first-order valence-corrected chi connectivity index (χ1v) is 5.31. The quantitative estimate of drug-likeness (QED) is 0.827. The van der Waals surface area contributed by atoms with Crippen LogP contribution in [0.4, 0.5) is 0 Å². The Morgan fingerprint density at radius 1 is 1.44 bits per heavy atom. The van der Waals surface area contributed by atoms with Gasteiger partial charge in [0.25, 0.3) is 0 Å². The molecule has 2 aromatic heterocycles. The number of hydrogen-bond donors (Lipinski definition) is 1. The fraction of sp³-hybridized carbons (Fsp3) is 0.364. The number of nitrogens with zero attached hydrogens (tertiary/aromatic N) is 4. The monoisotopic (exact) mass is 217 g/mol. The Kier molecular flexibility index (Phi) is 3.26. The molecule has 0 aromatic carbocycles. The van der Waals surface area contributed by atoms with E-state index in [1.807, 2.05) is 25.3 Å². The van der Waals surface area contributed by atoms with Gasteiger partial charge in [0.2, 0.25) is 0 Å². The highest BCUT2D eigenvalue weighted by atomic mass is 15.3. The first-order valence-electron chi connectivity index (χ1n) is 5.31. The van der Waals surface area contributed by atoms with Crippen LogP contribution in [-0.4, -0.2) is 25.8 Å². The van der Waals surface area contributed by atoms with E-state index < -0.39 is 0 Å². The summed E-state index contributed by atoms with van der Waals surface area (Å²) in [5.41, 5.74) is 6.90. The summed E-state index contributed by atoms with van der Waals surface area (Å²) in [4.78, 5) is 8.19. The highest BCUT2D eigenvalue weighted by Gasteiger charge is 2.00. The summed E-state index contributed by atoms with van der Waals surface area (Å²) in [6.07, 6.45) is 6.92. The fourth-order valence-electron chi connectivity index (χ4n) is 1.42. The molecular weight excluding hydrogens is 202 g/mol. The predicted octanol–water partition coefficient (Wildman–Crippen LogP) is 0.942. The Morgan fingerprint density at radius 2 is 2.31 bits per heavy atom. The van der Waals surface area contributed by atoms with E-state index in [1.165, 1.54) is 11.9 Å². The van der Waals surface area contributed by atoms with Crippen molar-refractivity contribution in [3.8, 4) is 5.82 Å².